The lowest BCUT2D eigenvalue weighted by Crippen LogP contribution is -2.47. The smallest absolute Gasteiger partial charge is 0.317 e. The van der Waals surface area contributed by atoms with Gasteiger partial charge in [-0.25, -0.2) is 8.78 Å². The highest BCUT2D eigenvalue weighted by molar-refractivity contribution is 8.00. The highest BCUT2D eigenvalue weighted by Gasteiger charge is 2.35. The number of halogens is 2. The van der Waals surface area contributed by atoms with Crippen molar-refractivity contribution in [2.45, 2.75) is 42.6 Å². The van der Waals surface area contributed by atoms with Crippen LogP contribution in [0.4, 0.5) is 8.78 Å². The van der Waals surface area contributed by atoms with Crippen LogP contribution in [0.1, 0.15) is 23.6 Å². The molecule has 6 nitrogen and oxygen atoms in total. The van der Waals surface area contributed by atoms with E-state index < -0.39 is 34.8 Å². The summed E-state index contributed by atoms with van der Waals surface area (Å²) in [4.78, 5) is 12.3. The van der Waals surface area contributed by atoms with E-state index in [0.717, 1.165) is 29.8 Å². The number of carboxylic acid groups (broad SMARTS) is 1. The van der Waals surface area contributed by atoms with Gasteiger partial charge in [0.15, 0.2) is 6.20 Å². The minimum absolute atomic E-state index is 0.0723. The van der Waals surface area contributed by atoms with Gasteiger partial charge in [0.25, 0.3) is 5.03 Å². The van der Waals surface area contributed by atoms with Crippen LogP contribution < -0.4 is 15.8 Å². The standard InChI is InChI=1S/C26H29F2N3O3S/c1-2-17-6-5-7-18(10-17)15-30-16-22(23(29)13-19-11-20(27)14-21(28)12-19)25(26(32)33)35-24-8-3-4-9-31(24)34/h3-12,14,22-23,25,30H,2,13,15-16,29H2,1H3,(H,32,33)/t22-,23?,25+/m1/s1. The fourth-order valence-electron chi connectivity index (χ4n) is 3.93. The van der Waals surface area contributed by atoms with Gasteiger partial charge in [0.2, 0.25) is 0 Å². The number of hydrogen-bond acceptors (Lipinski definition) is 5. The van der Waals surface area contributed by atoms with Crippen molar-refractivity contribution in [3.05, 3.63) is 100 Å². The van der Waals surface area contributed by atoms with Gasteiger partial charge < -0.3 is 21.4 Å². The monoisotopic (exact) mass is 501 g/mol. The minimum atomic E-state index is -1.13. The summed E-state index contributed by atoms with van der Waals surface area (Å²) in [6, 6.07) is 15.2. The van der Waals surface area contributed by atoms with Crippen molar-refractivity contribution in [2.75, 3.05) is 6.54 Å². The van der Waals surface area contributed by atoms with Crippen LogP contribution in [0.15, 0.2) is 71.9 Å². The number of nitrogens with one attached hydrogen (secondary N) is 1. The van der Waals surface area contributed by atoms with E-state index in [-0.39, 0.29) is 18.0 Å². The second kappa shape index (κ2) is 12.6. The molecule has 0 saturated heterocycles. The number of benzene rings is 2. The van der Waals surface area contributed by atoms with Crippen molar-refractivity contribution < 1.29 is 23.4 Å². The first kappa shape index (κ1) is 26.6. The van der Waals surface area contributed by atoms with E-state index in [9.17, 15) is 23.9 Å². The number of nitrogens with two attached hydrogens (primary N) is 1. The fraction of sp³-hybridized carbons (Fsp3) is 0.308. The third-order valence-corrected chi connectivity index (χ3v) is 7.08. The molecular weight excluding hydrogens is 472 g/mol. The van der Waals surface area contributed by atoms with Crippen molar-refractivity contribution in [3.8, 4) is 0 Å². The predicted octanol–water partition coefficient (Wildman–Crippen LogP) is 3.68. The Kier molecular flexibility index (Phi) is 9.59. The van der Waals surface area contributed by atoms with Crippen molar-refractivity contribution in [3.63, 3.8) is 0 Å². The third kappa shape index (κ3) is 7.74. The van der Waals surface area contributed by atoms with Gasteiger partial charge in [0.05, 0.1) is 0 Å². The molecule has 1 heterocycles. The Hall–Kier alpha value is -3.01. The maximum absolute atomic E-state index is 13.7. The molecule has 0 radical (unpaired) electrons. The third-order valence-electron chi connectivity index (χ3n) is 5.72. The molecule has 35 heavy (non-hydrogen) atoms. The molecule has 0 aliphatic heterocycles. The molecule has 1 unspecified atom stereocenters. The van der Waals surface area contributed by atoms with Gasteiger partial charge >= 0.3 is 5.97 Å². The molecular formula is C26H29F2N3O3S. The molecule has 0 amide bonds. The molecule has 3 aromatic rings. The first-order valence-corrected chi connectivity index (χ1v) is 12.2. The summed E-state index contributed by atoms with van der Waals surface area (Å²) in [7, 11) is 0. The van der Waals surface area contributed by atoms with E-state index in [1.54, 1.807) is 18.2 Å². The number of nitrogens with zero attached hydrogens (tertiary/aromatic N) is 1. The van der Waals surface area contributed by atoms with Gasteiger partial charge in [-0.2, -0.15) is 4.73 Å². The second-order valence-electron chi connectivity index (χ2n) is 8.36. The predicted molar refractivity (Wildman–Crippen MR) is 132 cm³/mol. The number of rotatable bonds is 12. The number of carbonyl (C=O) groups is 1. The molecule has 9 heteroatoms. The molecule has 3 rings (SSSR count). The zero-order valence-electron chi connectivity index (χ0n) is 19.4. The van der Waals surface area contributed by atoms with E-state index in [4.69, 9.17) is 5.73 Å². The first-order chi connectivity index (χ1) is 16.8. The lowest BCUT2D eigenvalue weighted by molar-refractivity contribution is -0.645. The number of aromatic nitrogens is 1. The first-order valence-electron chi connectivity index (χ1n) is 11.3. The van der Waals surface area contributed by atoms with Gasteiger partial charge in [-0.05, 0) is 59.5 Å². The maximum atomic E-state index is 13.7. The van der Waals surface area contributed by atoms with Gasteiger partial charge in [0, 0.05) is 43.2 Å². The fourth-order valence-corrected chi connectivity index (χ4v) is 5.09. The minimum Gasteiger partial charge on any atom is -0.618 e. The molecule has 3 atom stereocenters. The van der Waals surface area contributed by atoms with Crippen LogP contribution in [-0.2, 0) is 24.2 Å². The lowest BCUT2D eigenvalue weighted by atomic mass is 9.90. The Morgan fingerprint density at radius 2 is 1.80 bits per heavy atom. The Morgan fingerprint density at radius 3 is 2.46 bits per heavy atom. The molecule has 2 aromatic carbocycles. The van der Waals surface area contributed by atoms with E-state index in [0.29, 0.717) is 16.8 Å². The van der Waals surface area contributed by atoms with E-state index in [2.05, 4.69) is 18.3 Å². The Labute approximate surface area is 207 Å². The quantitative estimate of drug-likeness (QED) is 0.199. The molecule has 4 N–H and O–H groups in total. The van der Waals surface area contributed by atoms with Crippen LogP contribution in [0, 0.1) is 22.8 Å². The van der Waals surface area contributed by atoms with E-state index in [1.165, 1.54) is 23.9 Å². The van der Waals surface area contributed by atoms with E-state index in [1.807, 2.05) is 18.2 Å². The zero-order chi connectivity index (χ0) is 25.4. The topological polar surface area (TPSA) is 102 Å². The summed E-state index contributed by atoms with van der Waals surface area (Å²) in [5, 5.41) is 24.7. The van der Waals surface area contributed by atoms with Crippen LogP contribution in [0.3, 0.4) is 0 Å². The van der Waals surface area contributed by atoms with Crippen molar-refractivity contribution in [2.24, 2.45) is 11.7 Å². The molecule has 0 spiro atoms. The summed E-state index contributed by atoms with van der Waals surface area (Å²) in [6.45, 7) is 2.79. The molecule has 0 aliphatic rings. The van der Waals surface area contributed by atoms with Crippen LogP contribution in [-0.4, -0.2) is 28.9 Å². The van der Waals surface area contributed by atoms with Crippen molar-refractivity contribution >= 4 is 17.7 Å². The van der Waals surface area contributed by atoms with Crippen LogP contribution >= 0.6 is 11.8 Å². The summed E-state index contributed by atoms with van der Waals surface area (Å²) < 4.78 is 28.0. The van der Waals surface area contributed by atoms with Crippen molar-refractivity contribution in [1.29, 1.82) is 0 Å². The highest BCUT2D eigenvalue weighted by atomic mass is 32.2. The average molecular weight is 502 g/mol. The summed E-state index contributed by atoms with van der Waals surface area (Å²) in [5.74, 6) is -3.23. The van der Waals surface area contributed by atoms with Crippen molar-refractivity contribution in [1.82, 2.24) is 5.32 Å². The number of aliphatic carboxylic acids is 1. The summed E-state index contributed by atoms with van der Waals surface area (Å²) in [6.07, 6.45) is 2.27. The van der Waals surface area contributed by atoms with Crippen LogP contribution in [0.5, 0.6) is 0 Å². The van der Waals surface area contributed by atoms with Gasteiger partial charge in [-0.15, -0.1) is 0 Å². The van der Waals surface area contributed by atoms with Gasteiger partial charge in [0.1, 0.15) is 16.9 Å². The molecule has 0 saturated carbocycles. The molecule has 0 bridgehead atoms. The number of pyridine rings is 1. The Morgan fingerprint density at radius 1 is 1.09 bits per heavy atom. The SMILES string of the molecule is CCc1cccc(CNC[C@H](C(N)Cc2cc(F)cc(F)c2)[C@H](Sc2cccc[n+]2[O-])C(=O)O)c1. The largest absolute Gasteiger partial charge is 0.618 e. The molecule has 0 aliphatic carbocycles. The number of aryl methyl sites for hydroxylation is 1. The number of hydrogen-bond donors (Lipinski definition) is 3. The molecule has 0 fully saturated rings. The van der Waals surface area contributed by atoms with Crippen LogP contribution in [0.2, 0.25) is 0 Å². The number of thioether (sulfide) groups is 1. The maximum Gasteiger partial charge on any atom is 0.317 e. The highest BCUT2D eigenvalue weighted by Crippen LogP contribution is 2.29. The Bertz CT molecular complexity index is 1130. The average Bonchev–Trinajstić information content (AvgIpc) is 2.81. The summed E-state index contributed by atoms with van der Waals surface area (Å²) in [5.41, 5.74) is 9.03. The van der Waals surface area contributed by atoms with E-state index >= 15 is 0 Å². The molecule has 186 valence electrons. The zero-order valence-corrected chi connectivity index (χ0v) is 20.2. The Balaban J connectivity index is 1.83. The second-order valence-corrected chi connectivity index (χ2v) is 9.52. The molecule has 1 aromatic heterocycles. The van der Waals surface area contributed by atoms with Crippen LogP contribution in [0.25, 0.3) is 0 Å². The van der Waals surface area contributed by atoms with Gasteiger partial charge in [-0.1, -0.05) is 31.2 Å². The van der Waals surface area contributed by atoms with Gasteiger partial charge in [-0.3, -0.25) is 4.79 Å². The number of carboxylic acids is 1. The normalized spacial score (nSPS) is 13.8. The lowest BCUT2D eigenvalue weighted by Gasteiger charge is -2.29. The summed E-state index contributed by atoms with van der Waals surface area (Å²) >= 11 is 0.912.